The van der Waals surface area contributed by atoms with Crippen LogP contribution in [0.2, 0.25) is 0 Å². The molecule has 0 aromatic heterocycles. The molecule has 0 aliphatic carbocycles. The normalized spacial score (nSPS) is 13.3. The lowest BCUT2D eigenvalue weighted by Gasteiger charge is -2.19. The Kier molecular flexibility index (Phi) is 4.40. The molecule has 0 amide bonds. The molecule has 0 saturated heterocycles. The second-order valence-corrected chi connectivity index (χ2v) is 5.90. The van der Waals surface area contributed by atoms with E-state index in [4.69, 9.17) is 5.26 Å². The molecule has 5 nitrogen and oxygen atoms in total. The maximum atomic E-state index is 12.9. The Hall–Kier alpha value is -1.49. The SMILES string of the molecule is C[C@H](O)CN(C)S(=O)(=O)c1ccc(F)cc1C#N. The Morgan fingerprint density at radius 2 is 2.17 bits per heavy atom. The van der Waals surface area contributed by atoms with Gasteiger partial charge in [-0.1, -0.05) is 0 Å². The van der Waals surface area contributed by atoms with Crippen LogP contribution >= 0.6 is 0 Å². The Balaban J connectivity index is 3.25. The molecule has 0 aliphatic heterocycles. The standard InChI is InChI=1S/C11H13FN2O3S/c1-8(15)7-14(2)18(16,17)11-4-3-10(12)5-9(11)6-13/h3-5,8,15H,7H2,1-2H3/t8-/m0/s1. The van der Waals surface area contributed by atoms with E-state index in [1.54, 1.807) is 6.07 Å². The van der Waals surface area contributed by atoms with Gasteiger partial charge in [-0.05, 0) is 25.1 Å². The lowest BCUT2D eigenvalue weighted by Crippen LogP contribution is -2.33. The third kappa shape index (κ3) is 3.04. The van der Waals surface area contributed by atoms with E-state index in [9.17, 15) is 17.9 Å². The molecule has 1 atom stereocenters. The summed E-state index contributed by atoms with van der Waals surface area (Å²) in [5.74, 6) is -0.677. The molecule has 1 aromatic carbocycles. The molecule has 0 unspecified atom stereocenters. The van der Waals surface area contributed by atoms with Gasteiger partial charge in [-0.2, -0.15) is 9.57 Å². The maximum absolute atomic E-state index is 12.9. The summed E-state index contributed by atoms with van der Waals surface area (Å²) in [7, 11) is -2.63. The number of nitriles is 1. The minimum atomic E-state index is -3.91. The summed E-state index contributed by atoms with van der Waals surface area (Å²) in [5, 5.41) is 18.0. The van der Waals surface area contributed by atoms with Gasteiger partial charge in [0.05, 0.1) is 11.7 Å². The zero-order valence-corrected chi connectivity index (χ0v) is 10.8. The van der Waals surface area contributed by atoms with Crippen molar-refractivity contribution in [2.75, 3.05) is 13.6 Å². The second kappa shape index (κ2) is 5.44. The van der Waals surface area contributed by atoms with E-state index in [1.165, 1.54) is 14.0 Å². The minimum Gasteiger partial charge on any atom is -0.392 e. The molecule has 18 heavy (non-hydrogen) atoms. The van der Waals surface area contributed by atoms with E-state index in [2.05, 4.69) is 0 Å². The number of likely N-dealkylation sites (N-methyl/N-ethyl adjacent to an activating group) is 1. The Bertz CT molecular complexity index is 578. The van der Waals surface area contributed by atoms with Gasteiger partial charge < -0.3 is 5.11 Å². The number of aliphatic hydroxyl groups is 1. The van der Waals surface area contributed by atoms with Crippen molar-refractivity contribution in [1.29, 1.82) is 5.26 Å². The fourth-order valence-corrected chi connectivity index (χ4v) is 2.82. The number of hydrogen-bond donors (Lipinski definition) is 1. The predicted molar refractivity (Wildman–Crippen MR) is 62.6 cm³/mol. The van der Waals surface area contributed by atoms with Crippen molar-refractivity contribution in [3.63, 3.8) is 0 Å². The third-order valence-electron chi connectivity index (χ3n) is 2.27. The van der Waals surface area contributed by atoms with Gasteiger partial charge in [0.2, 0.25) is 10.0 Å². The van der Waals surface area contributed by atoms with Crippen LogP contribution in [0.5, 0.6) is 0 Å². The number of sulfonamides is 1. The monoisotopic (exact) mass is 272 g/mol. The van der Waals surface area contributed by atoms with Gasteiger partial charge >= 0.3 is 0 Å². The summed E-state index contributed by atoms with van der Waals surface area (Å²) >= 11 is 0. The summed E-state index contributed by atoms with van der Waals surface area (Å²) < 4.78 is 38.1. The number of hydrogen-bond acceptors (Lipinski definition) is 4. The van der Waals surface area contributed by atoms with Crippen LogP contribution in [0.1, 0.15) is 12.5 Å². The van der Waals surface area contributed by atoms with Crippen molar-refractivity contribution in [2.45, 2.75) is 17.9 Å². The first kappa shape index (κ1) is 14.6. The lowest BCUT2D eigenvalue weighted by atomic mass is 10.2. The molecule has 0 saturated carbocycles. The predicted octanol–water partition coefficient (Wildman–Crippen LogP) is 0.699. The van der Waals surface area contributed by atoms with Crippen LogP contribution in [0, 0.1) is 17.1 Å². The molecule has 0 spiro atoms. The maximum Gasteiger partial charge on any atom is 0.244 e. The van der Waals surface area contributed by atoms with Crippen LogP contribution in [0.25, 0.3) is 0 Å². The van der Waals surface area contributed by atoms with E-state index in [0.29, 0.717) is 0 Å². The quantitative estimate of drug-likeness (QED) is 0.874. The number of aliphatic hydroxyl groups excluding tert-OH is 1. The van der Waals surface area contributed by atoms with Crippen LogP contribution in [-0.4, -0.2) is 37.5 Å². The van der Waals surface area contributed by atoms with Gasteiger partial charge in [0, 0.05) is 13.6 Å². The van der Waals surface area contributed by atoms with Crippen LogP contribution in [-0.2, 0) is 10.0 Å². The highest BCUT2D eigenvalue weighted by Crippen LogP contribution is 2.20. The number of rotatable bonds is 4. The highest BCUT2D eigenvalue weighted by atomic mass is 32.2. The van der Waals surface area contributed by atoms with E-state index >= 15 is 0 Å². The molecule has 1 rings (SSSR count). The highest BCUT2D eigenvalue weighted by molar-refractivity contribution is 7.89. The number of benzene rings is 1. The second-order valence-electron chi connectivity index (χ2n) is 3.89. The minimum absolute atomic E-state index is 0.107. The first-order valence-electron chi connectivity index (χ1n) is 5.13. The summed E-state index contributed by atoms with van der Waals surface area (Å²) in [6, 6.07) is 4.53. The lowest BCUT2D eigenvalue weighted by molar-refractivity contribution is 0.171. The van der Waals surface area contributed by atoms with Crippen LogP contribution in [0.4, 0.5) is 4.39 Å². The molecule has 0 aliphatic rings. The highest BCUT2D eigenvalue weighted by Gasteiger charge is 2.25. The average molecular weight is 272 g/mol. The fraction of sp³-hybridized carbons (Fsp3) is 0.364. The Morgan fingerprint density at radius 3 is 2.67 bits per heavy atom. The molecule has 0 fully saturated rings. The van der Waals surface area contributed by atoms with Crippen molar-refractivity contribution in [3.05, 3.63) is 29.6 Å². The summed E-state index contributed by atoms with van der Waals surface area (Å²) in [6.45, 7) is 1.34. The van der Waals surface area contributed by atoms with E-state index in [0.717, 1.165) is 22.5 Å². The van der Waals surface area contributed by atoms with Crippen LogP contribution < -0.4 is 0 Å². The first-order valence-corrected chi connectivity index (χ1v) is 6.57. The molecule has 0 radical (unpaired) electrons. The molecule has 0 heterocycles. The van der Waals surface area contributed by atoms with Crippen LogP contribution in [0.3, 0.4) is 0 Å². The van der Waals surface area contributed by atoms with E-state index < -0.39 is 21.9 Å². The van der Waals surface area contributed by atoms with Crippen molar-refractivity contribution >= 4 is 10.0 Å². The summed E-state index contributed by atoms with van der Waals surface area (Å²) in [4.78, 5) is -0.269. The molecular weight excluding hydrogens is 259 g/mol. The zero-order valence-electron chi connectivity index (χ0n) is 9.96. The van der Waals surface area contributed by atoms with Crippen molar-refractivity contribution in [1.82, 2.24) is 4.31 Å². The average Bonchev–Trinajstić information content (AvgIpc) is 2.27. The number of nitrogens with zero attached hydrogens (tertiary/aromatic N) is 2. The van der Waals surface area contributed by atoms with Gasteiger partial charge in [-0.3, -0.25) is 0 Å². The topological polar surface area (TPSA) is 81.4 Å². The zero-order chi connectivity index (χ0) is 13.9. The van der Waals surface area contributed by atoms with Gasteiger partial charge in [0.15, 0.2) is 0 Å². The van der Waals surface area contributed by atoms with Gasteiger partial charge in [0.1, 0.15) is 16.8 Å². The first-order chi connectivity index (χ1) is 8.28. The number of halogens is 1. The Morgan fingerprint density at radius 1 is 1.56 bits per heavy atom. The van der Waals surface area contributed by atoms with Gasteiger partial charge in [-0.25, -0.2) is 12.8 Å². The van der Waals surface area contributed by atoms with Crippen molar-refractivity contribution < 1.29 is 17.9 Å². The molecule has 1 aromatic rings. The van der Waals surface area contributed by atoms with Crippen molar-refractivity contribution in [2.24, 2.45) is 0 Å². The molecular formula is C11H13FN2O3S. The Labute approximate surface area is 105 Å². The van der Waals surface area contributed by atoms with Crippen molar-refractivity contribution in [3.8, 4) is 6.07 Å². The smallest absolute Gasteiger partial charge is 0.244 e. The fourth-order valence-electron chi connectivity index (χ4n) is 1.45. The van der Waals surface area contributed by atoms with Gasteiger partial charge in [-0.15, -0.1) is 0 Å². The van der Waals surface area contributed by atoms with Gasteiger partial charge in [0.25, 0.3) is 0 Å². The molecule has 7 heteroatoms. The largest absolute Gasteiger partial charge is 0.392 e. The van der Waals surface area contributed by atoms with Crippen LogP contribution in [0.15, 0.2) is 23.1 Å². The molecule has 98 valence electrons. The van der Waals surface area contributed by atoms with E-state index in [1.807, 2.05) is 0 Å². The molecule has 0 bridgehead atoms. The summed E-state index contributed by atoms with van der Waals surface area (Å²) in [6.07, 6.45) is -0.837. The summed E-state index contributed by atoms with van der Waals surface area (Å²) in [5.41, 5.74) is -0.257. The van der Waals surface area contributed by atoms with E-state index in [-0.39, 0.29) is 17.0 Å². The molecule has 1 N–H and O–H groups in total. The third-order valence-corrected chi connectivity index (χ3v) is 4.15.